The highest BCUT2D eigenvalue weighted by molar-refractivity contribution is 14.1. The first-order valence-electron chi connectivity index (χ1n) is 6.55. The van der Waals surface area contributed by atoms with Crippen molar-refractivity contribution in [2.24, 2.45) is 0 Å². The van der Waals surface area contributed by atoms with Crippen molar-refractivity contribution in [2.45, 2.75) is 6.54 Å². The Morgan fingerprint density at radius 2 is 1.95 bits per heavy atom. The lowest BCUT2D eigenvalue weighted by atomic mass is 10.1. The Balaban J connectivity index is 1.98. The van der Waals surface area contributed by atoms with E-state index in [0.717, 1.165) is 14.7 Å². The molecule has 4 heteroatoms. The molecule has 0 amide bonds. The second-order valence-corrected chi connectivity index (χ2v) is 6.16. The summed E-state index contributed by atoms with van der Waals surface area (Å²) >= 11 is 2.22. The zero-order chi connectivity index (χ0) is 15.2. The molecule has 0 fully saturated rings. The van der Waals surface area contributed by atoms with E-state index >= 15 is 0 Å². The minimum atomic E-state index is 0.102. The molecule has 0 saturated carbocycles. The number of Topliss-reactive ketones (excluding diaryl/α,β-unsaturated/α-hetero) is 1. The number of halogens is 1. The summed E-state index contributed by atoms with van der Waals surface area (Å²) in [6.07, 6.45) is 0. The molecule has 0 bridgehead atoms. The SMILES string of the molecule is CN(CC(=O)c1ccc(I)cc1)Cc1cccc(C#N)c1. The predicted octanol–water partition coefficient (Wildman–Crippen LogP) is 3.48. The predicted molar refractivity (Wildman–Crippen MR) is 91.0 cm³/mol. The quantitative estimate of drug-likeness (QED) is 0.580. The van der Waals surface area contributed by atoms with E-state index in [4.69, 9.17) is 5.26 Å². The Morgan fingerprint density at radius 3 is 2.62 bits per heavy atom. The van der Waals surface area contributed by atoms with Crippen molar-refractivity contribution >= 4 is 28.4 Å². The van der Waals surface area contributed by atoms with Crippen LogP contribution in [0, 0.1) is 14.9 Å². The highest BCUT2D eigenvalue weighted by Gasteiger charge is 2.10. The molecule has 0 unspecified atom stereocenters. The number of likely N-dealkylation sites (N-methyl/N-ethyl adjacent to an activating group) is 1. The van der Waals surface area contributed by atoms with E-state index in [2.05, 4.69) is 28.7 Å². The van der Waals surface area contributed by atoms with E-state index in [1.54, 1.807) is 6.07 Å². The normalized spacial score (nSPS) is 10.4. The smallest absolute Gasteiger partial charge is 0.176 e. The molecule has 2 aromatic rings. The molecule has 0 N–H and O–H groups in total. The molecule has 0 spiro atoms. The lowest BCUT2D eigenvalue weighted by Crippen LogP contribution is -2.25. The van der Waals surface area contributed by atoms with Gasteiger partial charge < -0.3 is 0 Å². The van der Waals surface area contributed by atoms with Gasteiger partial charge in [-0.15, -0.1) is 0 Å². The summed E-state index contributed by atoms with van der Waals surface area (Å²) in [6, 6.07) is 17.2. The van der Waals surface area contributed by atoms with Crippen LogP contribution >= 0.6 is 22.6 Å². The summed E-state index contributed by atoms with van der Waals surface area (Å²) in [6.45, 7) is 1.00. The molecule has 0 atom stereocenters. The number of ketones is 1. The van der Waals surface area contributed by atoms with Crippen molar-refractivity contribution in [1.82, 2.24) is 4.90 Å². The van der Waals surface area contributed by atoms with E-state index in [1.807, 2.05) is 54.4 Å². The van der Waals surface area contributed by atoms with Gasteiger partial charge in [-0.3, -0.25) is 9.69 Å². The molecule has 3 nitrogen and oxygen atoms in total. The van der Waals surface area contributed by atoms with Gasteiger partial charge in [0.25, 0.3) is 0 Å². The second kappa shape index (κ2) is 7.34. The number of benzene rings is 2. The van der Waals surface area contributed by atoms with Crippen LogP contribution in [-0.2, 0) is 6.54 Å². The fraction of sp³-hybridized carbons (Fsp3) is 0.176. The first kappa shape index (κ1) is 15.7. The van der Waals surface area contributed by atoms with Gasteiger partial charge in [-0.05, 0) is 59.5 Å². The monoisotopic (exact) mass is 390 g/mol. The van der Waals surface area contributed by atoms with Crippen molar-refractivity contribution in [3.8, 4) is 6.07 Å². The number of carbonyl (C=O) groups excluding carboxylic acids is 1. The van der Waals surface area contributed by atoms with Crippen molar-refractivity contribution in [3.63, 3.8) is 0 Å². The first-order valence-corrected chi connectivity index (χ1v) is 7.62. The van der Waals surface area contributed by atoms with E-state index in [0.29, 0.717) is 18.7 Å². The van der Waals surface area contributed by atoms with Crippen LogP contribution in [0.3, 0.4) is 0 Å². The van der Waals surface area contributed by atoms with Crippen LogP contribution in [0.1, 0.15) is 21.5 Å². The third-order valence-electron chi connectivity index (χ3n) is 3.09. The molecule has 2 rings (SSSR count). The number of hydrogen-bond donors (Lipinski definition) is 0. The lowest BCUT2D eigenvalue weighted by molar-refractivity contribution is 0.0943. The van der Waals surface area contributed by atoms with Gasteiger partial charge in [0.05, 0.1) is 18.2 Å². The van der Waals surface area contributed by atoms with Gasteiger partial charge in [0.15, 0.2) is 5.78 Å². The number of hydrogen-bond acceptors (Lipinski definition) is 3. The third-order valence-corrected chi connectivity index (χ3v) is 3.81. The summed E-state index contributed by atoms with van der Waals surface area (Å²) < 4.78 is 1.12. The van der Waals surface area contributed by atoms with Gasteiger partial charge in [-0.2, -0.15) is 5.26 Å². The number of nitriles is 1. The van der Waals surface area contributed by atoms with Crippen molar-refractivity contribution in [2.75, 3.05) is 13.6 Å². The highest BCUT2D eigenvalue weighted by Crippen LogP contribution is 2.10. The summed E-state index contributed by atoms with van der Waals surface area (Å²) in [4.78, 5) is 14.1. The van der Waals surface area contributed by atoms with Crippen molar-refractivity contribution in [1.29, 1.82) is 5.26 Å². The molecular formula is C17H15IN2O. The minimum Gasteiger partial charge on any atom is -0.295 e. The molecule has 2 aromatic carbocycles. The molecule has 106 valence electrons. The molecule has 21 heavy (non-hydrogen) atoms. The maximum atomic E-state index is 12.2. The van der Waals surface area contributed by atoms with E-state index in [1.165, 1.54) is 0 Å². The molecule has 0 aliphatic carbocycles. The topological polar surface area (TPSA) is 44.1 Å². The Morgan fingerprint density at radius 1 is 1.24 bits per heavy atom. The molecule has 0 aromatic heterocycles. The molecule has 0 saturated heterocycles. The Kier molecular flexibility index (Phi) is 5.48. The van der Waals surface area contributed by atoms with E-state index < -0.39 is 0 Å². The number of carbonyl (C=O) groups is 1. The second-order valence-electron chi connectivity index (χ2n) is 4.91. The Bertz CT molecular complexity index is 674. The van der Waals surface area contributed by atoms with Crippen LogP contribution in [0.5, 0.6) is 0 Å². The van der Waals surface area contributed by atoms with Crippen LogP contribution in [0.15, 0.2) is 48.5 Å². The van der Waals surface area contributed by atoms with E-state index in [9.17, 15) is 4.79 Å². The maximum absolute atomic E-state index is 12.2. The third kappa shape index (κ3) is 4.66. The molecule has 0 aliphatic rings. The van der Waals surface area contributed by atoms with Gasteiger partial charge >= 0.3 is 0 Å². The average Bonchev–Trinajstić information content (AvgIpc) is 2.47. The first-order chi connectivity index (χ1) is 10.1. The van der Waals surface area contributed by atoms with Crippen molar-refractivity contribution < 1.29 is 4.79 Å². The van der Waals surface area contributed by atoms with E-state index in [-0.39, 0.29) is 5.78 Å². The van der Waals surface area contributed by atoms with Gasteiger partial charge in [-0.1, -0.05) is 24.3 Å². The van der Waals surface area contributed by atoms with Crippen LogP contribution in [-0.4, -0.2) is 24.3 Å². The minimum absolute atomic E-state index is 0.102. The number of rotatable bonds is 5. The zero-order valence-corrected chi connectivity index (χ0v) is 13.9. The van der Waals surface area contributed by atoms with Crippen LogP contribution in [0.25, 0.3) is 0 Å². The van der Waals surface area contributed by atoms with Crippen LogP contribution in [0.4, 0.5) is 0 Å². The highest BCUT2D eigenvalue weighted by atomic mass is 127. The summed E-state index contributed by atoms with van der Waals surface area (Å²) in [7, 11) is 1.91. The molecule has 0 heterocycles. The fourth-order valence-electron chi connectivity index (χ4n) is 2.08. The zero-order valence-electron chi connectivity index (χ0n) is 11.7. The standard InChI is InChI=1S/C17H15IN2O/c1-20(11-14-4-2-3-13(9-14)10-19)12-17(21)15-5-7-16(18)8-6-15/h2-9H,11-12H2,1H3. The van der Waals surface area contributed by atoms with Crippen LogP contribution in [0.2, 0.25) is 0 Å². The Hall–Kier alpha value is -1.71. The molecule has 0 aliphatic heterocycles. The molecular weight excluding hydrogens is 375 g/mol. The summed E-state index contributed by atoms with van der Waals surface area (Å²) in [5.74, 6) is 0.102. The molecule has 0 radical (unpaired) electrons. The Labute approximate surface area is 138 Å². The lowest BCUT2D eigenvalue weighted by Gasteiger charge is -2.16. The summed E-state index contributed by atoms with van der Waals surface area (Å²) in [5.41, 5.74) is 2.41. The summed E-state index contributed by atoms with van der Waals surface area (Å²) in [5, 5.41) is 8.89. The largest absolute Gasteiger partial charge is 0.295 e. The number of nitrogens with zero attached hydrogens (tertiary/aromatic N) is 2. The van der Waals surface area contributed by atoms with Gasteiger partial charge in [0, 0.05) is 15.7 Å². The van der Waals surface area contributed by atoms with Crippen LogP contribution < -0.4 is 0 Å². The average molecular weight is 390 g/mol. The van der Waals surface area contributed by atoms with Gasteiger partial charge in [0.1, 0.15) is 0 Å². The van der Waals surface area contributed by atoms with Gasteiger partial charge in [0.2, 0.25) is 0 Å². The van der Waals surface area contributed by atoms with Crippen molar-refractivity contribution in [3.05, 3.63) is 68.8 Å². The van der Waals surface area contributed by atoms with Gasteiger partial charge in [-0.25, -0.2) is 0 Å². The maximum Gasteiger partial charge on any atom is 0.176 e. The fourth-order valence-corrected chi connectivity index (χ4v) is 2.44.